The third-order valence-electron chi connectivity index (χ3n) is 3.01. The van der Waals surface area contributed by atoms with Crippen LogP contribution in [0.25, 0.3) is 0 Å². The van der Waals surface area contributed by atoms with Crippen LogP contribution >= 0.6 is 23.8 Å². The Morgan fingerprint density at radius 3 is 2.64 bits per heavy atom. The van der Waals surface area contributed by atoms with Crippen LogP contribution < -0.4 is 5.32 Å². The lowest BCUT2D eigenvalue weighted by Gasteiger charge is -2.21. The number of nitro groups is 1. The van der Waals surface area contributed by atoms with E-state index < -0.39 is 4.92 Å². The Morgan fingerprint density at radius 1 is 1.32 bits per heavy atom. The molecule has 0 amide bonds. The van der Waals surface area contributed by atoms with Gasteiger partial charge in [-0.25, -0.2) is 0 Å². The number of benzene rings is 2. The summed E-state index contributed by atoms with van der Waals surface area (Å²) >= 11 is 11.4. The van der Waals surface area contributed by atoms with Crippen molar-refractivity contribution in [3.05, 3.63) is 69.2 Å². The molecule has 0 bridgehead atoms. The van der Waals surface area contributed by atoms with Gasteiger partial charge in [0.1, 0.15) is 0 Å². The summed E-state index contributed by atoms with van der Waals surface area (Å²) in [7, 11) is 1.84. The lowest BCUT2D eigenvalue weighted by Crippen LogP contribution is -2.30. The van der Waals surface area contributed by atoms with Gasteiger partial charge in [0, 0.05) is 25.7 Å². The lowest BCUT2D eigenvalue weighted by molar-refractivity contribution is -0.384. The van der Waals surface area contributed by atoms with E-state index in [9.17, 15) is 10.1 Å². The fraction of sp³-hybridized carbons (Fsp3) is 0.133. The number of hydrogen-bond donors (Lipinski definition) is 1. The summed E-state index contributed by atoms with van der Waals surface area (Å²) in [5, 5.41) is 14.6. The van der Waals surface area contributed by atoms with Crippen LogP contribution in [0.5, 0.6) is 0 Å². The van der Waals surface area contributed by atoms with Gasteiger partial charge in [-0.15, -0.1) is 0 Å². The van der Waals surface area contributed by atoms with Gasteiger partial charge in [0.25, 0.3) is 5.69 Å². The maximum Gasteiger partial charge on any atom is 0.271 e. The molecule has 0 aliphatic heterocycles. The highest BCUT2D eigenvalue weighted by Gasteiger charge is 2.12. The molecule has 0 radical (unpaired) electrons. The molecule has 7 heteroatoms. The zero-order valence-corrected chi connectivity index (χ0v) is 13.4. The van der Waals surface area contributed by atoms with E-state index in [-0.39, 0.29) is 5.69 Å². The highest BCUT2D eigenvalue weighted by molar-refractivity contribution is 7.80. The van der Waals surface area contributed by atoms with Crippen molar-refractivity contribution < 1.29 is 4.92 Å². The molecular weight excluding hydrogens is 322 g/mol. The molecule has 2 aromatic carbocycles. The van der Waals surface area contributed by atoms with Crippen molar-refractivity contribution in [1.29, 1.82) is 0 Å². The number of nitrogens with zero attached hydrogens (tertiary/aromatic N) is 2. The standard InChI is InChI=1S/C15H14ClN3O2S/c1-18(10-11-5-3-2-4-6-11)15(22)17-14-9-12(19(20)21)7-8-13(14)16/h2-9H,10H2,1H3,(H,17,22). The van der Waals surface area contributed by atoms with Gasteiger partial charge in [-0.3, -0.25) is 10.1 Å². The van der Waals surface area contributed by atoms with Gasteiger partial charge in [0.2, 0.25) is 0 Å². The van der Waals surface area contributed by atoms with Crippen LogP contribution in [0, 0.1) is 10.1 Å². The van der Waals surface area contributed by atoms with E-state index in [0.29, 0.717) is 22.4 Å². The maximum atomic E-state index is 10.8. The summed E-state index contributed by atoms with van der Waals surface area (Å²) in [6, 6.07) is 14.0. The molecule has 1 N–H and O–H groups in total. The van der Waals surface area contributed by atoms with Gasteiger partial charge in [-0.05, 0) is 23.8 Å². The first-order valence-corrected chi connectivity index (χ1v) is 7.26. The minimum Gasteiger partial charge on any atom is -0.348 e. The largest absolute Gasteiger partial charge is 0.348 e. The number of rotatable bonds is 4. The second kappa shape index (κ2) is 7.20. The smallest absolute Gasteiger partial charge is 0.271 e. The molecule has 0 fully saturated rings. The van der Waals surface area contributed by atoms with Crippen LogP contribution in [-0.4, -0.2) is 22.0 Å². The first-order chi connectivity index (χ1) is 10.5. The van der Waals surface area contributed by atoms with Crippen molar-refractivity contribution in [1.82, 2.24) is 4.90 Å². The summed E-state index contributed by atoms with van der Waals surface area (Å²) < 4.78 is 0. The van der Waals surface area contributed by atoms with Crippen molar-refractivity contribution in [2.24, 2.45) is 0 Å². The average Bonchev–Trinajstić information content (AvgIpc) is 2.50. The molecule has 0 heterocycles. The Balaban J connectivity index is 2.08. The molecule has 2 aromatic rings. The summed E-state index contributed by atoms with van der Waals surface area (Å²) in [5.41, 5.74) is 1.49. The van der Waals surface area contributed by atoms with Crippen LogP contribution in [0.2, 0.25) is 5.02 Å². The molecule has 0 aliphatic carbocycles. The molecule has 0 saturated carbocycles. The third kappa shape index (κ3) is 4.16. The van der Waals surface area contributed by atoms with Crippen molar-refractivity contribution in [2.75, 3.05) is 12.4 Å². The number of nitro benzene ring substituents is 1. The zero-order valence-electron chi connectivity index (χ0n) is 11.8. The predicted octanol–water partition coefficient (Wildman–Crippen LogP) is 4.08. The molecule has 0 aliphatic rings. The van der Waals surface area contributed by atoms with Gasteiger partial charge >= 0.3 is 0 Å². The van der Waals surface area contributed by atoms with E-state index in [1.807, 2.05) is 42.3 Å². The van der Waals surface area contributed by atoms with Crippen LogP contribution in [-0.2, 0) is 6.54 Å². The van der Waals surface area contributed by atoms with E-state index >= 15 is 0 Å². The molecule has 0 saturated heterocycles. The van der Waals surface area contributed by atoms with Crippen molar-refractivity contribution in [3.63, 3.8) is 0 Å². The highest BCUT2D eigenvalue weighted by atomic mass is 35.5. The van der Waals surface area contributed by atoms with Crippen LogP contribution in [0.1, 0.15) is 5.56 Å². The molecule has 114 valence electrons. The fourth-order valence-electron chi connectivity index (χ4n) is 1.86. The first-order valence-electron chi connectivity index (χ1n) is 6.47. The monoisotopic (exact) mass is 335 g/mol. The van der Waals surface area contributed by atoms with Crippen molar-refractivity contribution in [2.45, 2.75) is 6.54 Å². The molecule has 0 aromatic heterocycles. The SMILES string of the molecule is CN(Cc1ccccc1)C(=S)Nc1cc([N+](=O)[O-])ccc1Cl. The quantitative estimate of drug-likeness (QED) is 0.518. The summed E-state index contributed by atoms with van der Waals surface area (Å²) in [5.74, 6) is 0. The van der Waals surface area contributed by atoms with Gasteiger partial charge in [0.05, 0.1) is 15.6 Å². The van der Waals surface area contributed by atoms with Gasteiger partial charge in [-0.1, -0.05) is 41.9 Å². The summed E-state index contributed by atoms with van der Waals surface area (Å²) in [4.78, 5) is 12.2. The predicted molar refractivity (Wildman–Crippen MR) is 92.2 cm³/mol. The van der Waals surface area contributed by atoms with Gasteiger partial charge in [0.15, 0.2) is 5.11 Å². The number of nitrogens with one attached hydrogen (secondary N) is 1. The molecule has 22 heavy (non-hydrogen) atoms. The van der Waals surface area contributed by atoms with E-state index in [1.54, 1.807) is 0 Å². The minimum atomic E-state index is -0.474. The van der Waals surface area contributed by atoms with Crippen LogP contribution in [0.15, 0.2) is 48.5 Å². The zero-order chi connectivity index (χ0) is 16.1. The molecule has 0 spiro atoms. The summed E-state index contributed by atoms with van der Waals surface area (Å²) in [6.45, 7) is 0.624. The fourth-order valence-corrected chi connectivity index (χ4v) is 2.20. The molecule has 0 atom stereocenters. The number of non-ortho nitro benzene ring substituents is 1. The average molecular weight is 336 g/mol. The molecule has 5 nitrogen and oxygen atoms in total. The second-order valence-corrected chi connectivity index (χ2v) is 5.49. The van der Waals surface area contributed by atoms with Crippen molar-refractivity contribution in [3.8, 4) is 0 Å². The Labute approximate surface area is 138 Å². The lowest BCUT2D eigenvalue weighted by atomic mass is 10.2. The maximum absolute atomic E-state index is 10.8. The molecule has 2 rings (SSSR count). The van der Waals surface area contributed by atoms with E-state index in [4.69, 9.17) is 23.8 Å². The highest BCUT2D eigenvalue weighted by Crippen LogP contribution is 2.27. The minimum absolute atomic E-state index is 0.0413. The van der Waals surface area contributed by atoms with Gasteiger partial charge in [-0.2, -0.15) is 0 Å². The second-order valence-electron chi connectivity index (χ2n) is 4.69. The Hall–Kier alpha value is -2.18. The number of hydrogen-bond acceptors (Lipinski definition) is 3. The number of thiocarbonyl (C=S) groups is 1. The number of halogens is 1. The Morgan fingerprint density at radius 2 is 2.00 bits per heavy atom. The number of anilines is 1. The topological polar surface area (TPSA) is 58.4 Å². The first kappa shape index (κ1) is 16.2. The Kier molecular flexibility index (Phi) is 5.30. The van der Waals surface area contributed by atoms with Gasteiger partial charge < -0.3 is 10.2 Å². The van der Waals surface area contributed by atoms with Crippen LogP contribution in [0.4, 0.5) is 11.4 Å². The normalized spacial score (nSPS) is 10.1. The Bertz CT molecular complexity index is 694. The van der Waals surface area contributed by atoms with Crippen molar-refractivity contribution >= 4 is 40.3 Å². The molecule has 0 unspecified atom stereocenters. The van der Waals surface area contributed by atoms with E-state index in [1.165, 1.54) is 18.2 Å². The summed E-state index contributed by atoms with van der Waals surface area (Å²) in [6.07, 6.45) is 0. The van der Waals surface area contributed by atoms with E-state index in [0.717, 1.165) is 5.56 Å². The van der Waals surface area contributed by atoms with E-state index in [2.05, 4.69) is 5.32 Å². The molecular formula is C15H14ClN3O2S. The third-order valence-corrected chi connectivity index (χ3v) is 3.75. The van der Waals surface area contributed by atoms with Crippen LogP contribution in [0.3, 0.4) is 0 Å².